The number of halogens is 6. The number of benzene rings is 2. The first-order valence-corrected chi connectivity index (χ1v) is 11.7. The second kappa shape index (κ2) is 11.4. The number of aromatic nitrogens is 1. The lowest BCUT2D eigenvalue weighted by Crippen LogP contribution is -2.40. The van der Waals surface area contributed by atoms with Crippen LogP contribution >= 0.6 is 0 Å². The SMILES string of the molecule is CN(C(=O)c1cc(C(F)(F)F)cc(C(F)(F)F)c1)C(CCC(=O)NCC(N)=O)Cc1cn(C)c2ccccc12. The molecule has 0 aliphatic carbocycles. The molecule has 7 nitrogen and oxygen atoms in total. The van der Waals surface area contributed by atoms with Gasteiger partial charge in [0.1, 0.15) is 0 Å². The van der Waals surface area contributed by atoms with E-state index in [1.165, 1.54) is 7.05 Å². The zero-order chi connectivity index (χ0) is 29.1. The van der Waals surface area contributed by atoms with Gasteiger partial charge in [-0.3, -0.25) is 14.4 Å². The fourth-order valence-electron chi connectivity index (χ4n) is 4.29. The molecule has 3 rings (SSSR count). The van der Waals surface area contributed by atoms with Crippen molar-refractivity contribution in [2.24, 2.45) is 12.8 Å². The molecule has 2 aromatic carbocycles. The highest BCUT2D eigenvalue weighted by Crippen LogP contribution is 2.37. The van der Waals surface area contributed by atoms with Crippen LogP contribution in [0.2, 0.25) is 0 Å². The summed E-state index contributed by atoms with van der Waals surface area (Å²) in [5.41, 5.74) is 2.65. The molecule has 0 saturated heterocycles. The van der Waals surface area contributed by atoms with Gasteiger partial charge in [-0.05, 0) is 42.7 Å². The van der Waals surface area contributed by atoms with Crippen molar-refractivity contribution in [1.82, 2.24) is 14.8 Å². The van der Waals surface area contributed by atoms with Gasteiger partial charge in [0, 0.05) is 49.2 Å². The minimum Gasteiger partial charge on any atom is -0.368 e. The van der Waals surface area contributed by atoms with E-state index < -0.39 is 59.4 Å². The van der Waals surface area contributed by atoms with E-state index in [0.29, 0.717) is 12.1 Å². The summed E-state index contributed by atoms with van der Waals surface area (Å²) in [5, 5.41) is 3.15. The minimum atomic E-state index is -5.12. The van der Waals surface area contributed by atoms with Crippen molar-refractivity contribution < 1.29 is 40.7 Å². The van der Waals surface area contributed by atoms with E-state index in [2.05, 4.69) is 5.32 Å². The maximum Gasteiger partial charge on any atom is 0.416 e. The van der Waals surface area contributed by atoms with Crippen molar-refractivity contribution in [3.05, 3.63) is 70.9 Å². The number of primary amides is 1. The van der Waals surface area contributed by atoms with E-state index in [1.807, 2.05) is 22.8 Å². The number of para-hydroxylation sites is 1. The molecule has 1 aromatic heterocycles. The molecule has 0 bridgehead atoms. The van der Waals surface area contributed by atoms with E-state index in [-0.39, 0.29) is 25.3 Å². The van der Waals surface area contributed by atoms with Crippen LogP contribution in [0.25, 0.3) is 10.9 Å². The van der Waals surface area contributed by atoms with Gasteiger partial charge in [-0.1, -0.05) is 18.2 Å². The first kappa shape index (κ1) is 29.5. The molecule has 13 heteroatoms. The van der Waals surface area contributed by atoms with Crippen LogP contribution in [0, 0.1) is 0 Å². The monoisotopic (exact) mass is 556 g/mol. The minimum absolute atomic E-state index is 0.00114. The molecule has 210 valence electrons. The molecule has 0 radical (unpaired) electrons. The molecule has 0 spiro atoms. The molecule has 1 unspecified atom stereocenters. The Morgan fingerprint density at radius 1 is 1.00 bits per heavy atom. The van der Waals surface area contributed by atoms with E-state index in [0.717, 1.165) is 21.4 Å². The van der Waals surface area contributed by atoms with Crippen LogP contribution in [0.5, 0.6) is 0 Å². The lowest BCUT2D eigenvalue weighted by atomic mass is 9.98. The summed E-state index contributed by atoms with van der Waals surface area (Å²) in [6.45, 7) is -0.411. The Hall–Kier alpha value is -4.03. The van der Waals surface area contributed by atoms with E-state index in [4.69, 9.17) is 5.73 Å². The van der Waals surface area contributed by atoms with Gasteiger partial charge in [-0.25, -0.2) is 0 Å². The molecule has 39 heavy (non-hydrogen) atoms. The first-order valence-electron chi connectivity index (χ1n) is 11.7. The summed E-state index contributed by atoms with van der Waals surface area (Å²) in [6.07, 6.45) is -8.46. The van der Waals surface area contributed by atoms with E-state index in [9.17, 15) is 40.7 Å². The molecular formula is C26H26F6N4O3. The molecule has 0 fully saturated rings. The first-order chi connectivity index (χ1) is 18.1. The van der Waals surface area contributed by atoms with Gasteiger partial charge in [0.2, 0.25) is 11.8 Å². The summed E-state index contributed by atoms with van der Waals surface area (Å²) in [5.74, 6) is -2.40. The standard InChI is InChI=1S/C26H26F6N4O3/c1-35-14-16(20-5-3-4-6-21(20)35)11-19(7-8-23(38)34-13-22(33)37)36(2)24(39)15-9-17(25(27,28)29)12-18(10-15)26(30,31)32/h3-6,9-10,12,14,19H,7-8,11,13H2,1-2H3,(H2,33,37)(H,34,38). The second-order valence-corrected chi connectivity index (χ2v) is 9.13. The Balaban J connectivity index is 1.97. The average molecular weight is 557 g/mol. The van der Waals surface area contributed by atoms with Crippen LogP contribution in [0.1, 0.15) is 39.9 Å². The van der Waals surface area contributed by atoms with Gasteiger partial charge < -0.3 is 20.5 Å². The number of carbonyl (C=O) groups is 3. The van der Waals surface area contributed by atoms with Crippen LogP contribution in [0.15, 0.2) is 48.7 Å². The molecule has 3 amide bonds. The normalized spacial score (nSPS) is 12.8. The molecule has 1 heterocycles. The molecular weight excluding hydrogens is 530 g/mol. The lowest BCUT2D eigenvalue weighted by molar-refractivity contribution is -0.143. The van der Waals surface area contributed by atoms with Crippen molar-refractivity contribution in [2.75, 3.05) is 13.6 Å². The Bertz CT molecular complexity index is 1350. The predicted octanol–water partition coefficient (Wildman–Crippen LogP) is 4.28. The number of hydrogen-bond donors (Lipinski definition) is 2. The number of nitrogens with one attached hydrogen (secondary N) is 1. The highest BCUT2D eigenvalue weighted by Gasteiger charge is 2.38. The molecule has 0 aliphatic rings. The summed E-state index contributed by atoms with van der Waals surface area (Å²) >= 11 is 0. The Labute approximate surface area is 219 Å². The number of aryl methyl sites for hydroxylation is 1. The van der Waals surface area contributed by atoms with Gasteiger partial charge >= 0.3 is 12.4 Å². The van der Waals surface area contributed by atoms with Gasteiger partial charge in [-0.15, -0.1) is 0 Å². The van der Waals surface area contributed by atoms with Crippen molar-refractivity contribution in [2.45, 2.75) is 37.7 Å². The summed E-state index contributed by atoms with van der Waals surface area (Å²) in [7, 11) is 3.06. The smallest absolute Gasteiger partial charge is 0.368 e. The molecule has 0 aliphatic heterocycles. The third-order valence-electron chi connectivity index (χ3n) is 6.30. The maximum atomic E-state index is 13.4. The van der Waals surface area contributed by atoms with Gasteiger partial charge in [0.05, 0.1) is 17.7 Å². The highest BCUT2D eigenvalue weighted by molar-refractivity contribution is 5.95. The van der Waals surface area contributed by atoms with Crippen LogP contribution in [-0.2, 0) is 35.4 Å². The molecule has 3 N–H and O–H groups in total. The topological polar surface area (TPSA) is 97.4 Å². The number of carbonyl (C=O) groups excluding carboxylic acids is 3. The van der Waals surface area contributed by atoms with Gasteiger partial charge in [0.15, 0.2) is 0 Å². The Kier molecular flexibility index (Phi) is 8.61. The zero-order valence-electron chi connectivity index (χ0n) is 21.0. The van der Waals surface area contributed by atoms with Crippen LogP contribution in [0.3, 0.4) is 0 Å². The van der Waals surface area contributed by atoms with Crippen LogP contribution in [-0.4, -0.2) is 46.8 Å². The number of amides is 3. The largest absolute Gasteiger partial charge is 0.416 e. The molecule has 1 atom stereocenters. The number of alkyl halides is 6. The average Bonchev–Trinajstić information content (AvgIpc) is 3.18. The lowest BCUT2D eigenvalue weighted by Gasteiger charge is -2.29. The van der Waals surface area contributed by atoms with Crippen molar-refractivity contribution in [3.63, 3.8) is 0 Å². The fourth-order valence-corrected chi connectivity index (χ4v) is 4.29. The van der Waals surface area contributed by atoms with Gasteiger partial charge in [-0.2, -0.15) is 26.3 Å². The highest BCUT2D eigenvalue weighted by atomic mass is 19.4. The summed E-state index contributed by atoms with van der Waals surface area (Å²) < 4.78 is 82.0. The Morgan fingerprint density at radius 2 is 1.59 bits per heavy atom. The maximum absolute atomic E-state index is 13.4. The third kappa shape index (κ3) is 7.30. The number of nitrogens with zero attached hydrogens (tertiary/aromatic N) is 2. The quantitative estimate of drug-likeness (QED) is 0.385. The van der Waals surface area contributed by atoms with Crippen molar-refractivity contribution in [3.8, 4) is 0 Å². The predicted molar refractivity (Wildman–Crippen MR) is 130 cm³/mol. The summed E-state index contributed by atoms with van der Waals surface area (Å²) in [4.78, 5) is 37.5. The van der Waals surface area contributed by atoms with Crippen LogP contribution < -0.4 is 11.1 Å². The van der Waals surface area contributed by atoms with Gasteiger partial charge in [0.25, 0.3) is 5.91 Å². The van der Waals surface area contributed by atoms with Crippen LogP contribution in [0.4, 0.5) is 26.3 Å². The third-order valence-corrected chi connectivity index (χ3v) is 6.30. The van der Waals surface area contributed by atoms with Crippen molar-refractivity contribution >= 4 is 28.6 Å². The number of rotatable bonds is 9. The Morgan fingerprint density at radius 3 is 2.15 bits per heavy atom. The fraction of sp³-hybridized carbons (Fsp3) is 0.346. The number of nitrogens with two attached hydrogens (primary N) is 1. The number of likely N-dealkylation sites (N-methyl/N-ethyl adjacent to an activating group) is 1. The van der Waals surface area contributed by atoms with Crippen molar-refractivity contribution in [1.29, 1.82) is 0 Å². The number of hydrogen-bond acceptors (Lipinski definition) is 3. The second-order valence-electron chi connectivity index (χ2n) is 9.13. The summed E-state index contributed by atoms with van der Waals surface area (Å²) in [6, 6.07) is 7.24. The number of fused-ring (bicyclic) bond motifs is 1. The molecule has 0 saturated carbocycles. The zero-order valence-corrected chi connectivity index (χ0v) is 21.0. The van der Waals surface area contributed by atoms with E-state index >= 15 is 0 Å². The van der Waals surface area contributed by atoms with E-state index in [1.54, 1.807) is 19.3 Å². The molecule has 3 aromatic rings.